The van der Waals surface area contributed by atoms with Crippen LogP contribution in [0, 0.1) is 11.3 Å². The zero-order valence-corrected chi connectivity index (χ0v) is 17.0. The van der Waals surface area contributed by atoms with Gasteiger partial charge in [0.15, 0.2) is 0 Å². The van der Waals surface area contributed by atoms with Gasteiger partial charge in [0.1, 0.15) is 0 Å². The molecule has 3 N–H and O–H groups in total. The lowest BCUT2D eigenvalue weighted by atomic mass is 9.90. The minimum Gasteiger partial charge on any atom is -0.355 e. The van der Waals surface area contributed by atoms with E-state index in [1.54, 1.807) is 0 Å². The van der Waals surface area contributed by atoms with Crippen molar-refractivity contribution in [1.29, 1.82) is 0 Å². The van der Waals surface area contributed by atoms with Gasteiger partial charge in [0, 0.05) is 32.1 Å². The summed E-state index contributed by atoms with van der Waals surface area (Å²) in [6, 6.07) is 0. The monoisotopic (exact) mass is 354 g/mol. The Balaban J connectivity index is 2.46. The van der Waals surface area contributed by atoms with Crippen LogP contribution < -0.4 is 11.1 Å². The van der Waals surface area contributed by atoms with Gasteiger partial charge in [0.05, 0.1) is 5.54 Å². The molecule has 0 aliphatic carbocycles. The SMILES string of the molecule is CCCC(C)(N)C(=O)N1CCC(C(=O)NCC(C)(C)CN(C)C)CC1. The molecule has 1 rings (SSSR count). The highest BCUT2D eigenvalue weighted by molar-refractivity contribution is 5.86. The van der Waals surface area contributed by atoms with Crippen molar-refractivity contribution in [2.75, 3.05) is 40.3 Å². The normalized spacial score (nSPS) is 19.0. The fourth-order valence-electron chi connectivity index (χ4n) is 3.71. The van der Waals surface area contributed by atoms with E-state index in [0.717, 1.165) is 13.0 Å². The van der Waals surface area contributed by atoms with Crippen molar-refractivity contribution in [1.82, 2.24) is 15.1 Å². The van der Waals surface area contributed by atoms with Crippen LogP contribution in [0.3, 0.4) is 0 Å². The van der Waals surface area contributed by atoms with E-state index < -0.39 is 5.54 Å². The Kier molecular flexibility index (Phi) is 7.88. The number of nitrogens with zero attached hydrogens (tertiary/aromatic N) is 2. The van der Waals surface area contributed by atoms with Gasteiger partial charge in [-0.25, -0.2) is 0 Å². The minimum atomic E-state index is -0.792. The molecule has 0 saturated carbocycles. The Morgan fingerprint density at radius 2 is 1.76 bits per heavy atom. The van der Waals surface area contributed by atoms with Gasteiger partial charge in [-0.15, -0.1) is 0 Å². The third kappa shape index (κ3) is 6.94. The first kappa shape index (κ1) is 21.9. The number of amides is 2. The van der Waals surface area contributed by atoms with Crippen LogP contribution in [0.15, 0.2) is 0 Å². The molecule has 0 bridgehead atoms. The molecule has 1 aliphatic heterocycles. The fourth-order valence-corrected chi connectivity index (χ4v) is 3.71. The molecule has 0 aromatic rings. The summed E-state index contributed by atoms with van der Waals surface area (Å²) < 4.78 is 0. The molecule has 0 spiro atoms. The van der Waals surface area contributed by atoms with E-state index >= 15 is 0 Å². The maximum absolute atomic E-state index is 12.5. The number of carbonyl (C=O) groups is 2. The highest BCUT2D eigenvalue weighted by Crippen LogP contribution is 2.22. The molecule has 146 valence electrons. The van der Waals surface area contributed by atoms with Crippen LogP contribution in [0.4, 0.5) is 0 Å². The van der Waals surface area contributed by atoms with Crippen LogP contribution in [0.1, 0.15) is 53.4 Å². The average Bonchev–Trinajstić information content (AvgIpc) is 2.51. The van der Waals surface area contributed by atoms with Gasteiger partial charge in [0.2, 0.25) is 11.8 Å². The summed E-state index contributed by atoms with van der Waals surface area (Å²) >= 11 is 0. The lowest BCUT2D eigenvalue weighted by Crippen LogP contribution is -2.55. The number of carbonyl (C=O) groups excluding carboxylic acids is 2. The molecule has 6 nitrogen and oxygen atoms in total. The van der Waals surface area contributed by atoms with Crippen molar-refractivity contribution in [2.45, 2.75) is 58.9 Å². The number of piperidine rings is 1. The zero-order chi connectivity index (χ0) is 19.3. The minimum absolute atomic E-state index is 0.00517. The Bertz CT molecular complexity index is 452. The molecule has 1 saturated heterocycles. The van der Waals surface area contributed by atoms with Crippen molar-refractivity contribution in [3.05, 3.63) is 0 Å². The molecule has 6 heteroatoms. The summed E-state index contributed by atoms with van der Waals surface area (Å²) in [5.41, 5.74) is 5.40. The van der Waals surface area contributed by atoms with Gasteiger partial charge in [-0.3, -0.25) is 9.59 Å². The lowest BCUT2D eigenvalue weighted by Gasteiger charge is -2.37. The number of hydrogen-bond donors (Lipinski definition) is 2. The standard InChI is InChI=1S/C19H38N4O2/c1-7-10-19(4,20)17(25)23-11-8-15(9-12-23)16(24)21-13-18(2,3)14-22(5)6/h15H,7-14,20H2,1-6H3,(H,21,24). The van der Waals surface area contributed by atoms with Crippen LogP contribution in [-0.4, -0.2) is 67.4 Å². The maximum atomic E-state index is 12.5. The van der Waals surface area contributed by atoms with E-state index in [9.17, 15) is 9.59 Å². The van der Waals surface area contributed by atoms with E-state index in [-0.39, 0.29) is 23.1 Å². The molecule has 0 radical (unpaired) electrons. The average molecular weight is 355 g/mol. The molecule has 2 amide bonds. The van der Waals surface area contributed by atoms with E-state index in [1.807, 2.05) is 32.8 Å². The summed E-state index contributed by atoms with van der Waals surface area (Å²) in [4.78, 5) is 29.0. The molecule has 0 aromatic carbocycles. The van der Waals surface area contributed by atoms with Crippen molar-refractivity contribution in [3.63, 3.8) is 0 Å². The topological polar surface area (TPSA) is 78.7 Å². The summed E-state index contributed by atoms with van der Waals surface area (Å²) in [5.74, 6) is 0.123. The lowest BCUT2D eigenvalue weighted by molar-refractivity contribution is -0.140. The highest BCUT2D eigenvalue weighted by Gasteiger charge is 2.35. The zero-order valence-electron chi connectivity index (χ0n) is 17.0. The van der Waals surface area contributed by atoms with Gasteiger partial charge in [0.25, 0.3) is 0 Å². The van der Waals surface area contributed by atoms with Gasteiger partial charge in [-0.1, -0.05) is 27.2 Å². The first-order valence-electron chi connectivity index (χ1n) is 9.49. The van der Waals surface area contributed by atoms with Crippen LogP contribution in [0.25, 0.3) is 0 Å². The number of nitrogens with two attached hydrogens (primary N) is 1. The third-order valence-corrected chi connectivity index (χ3v) is 4.90. The molecule has 1 heterocycles. The van der Waals surface area contributed by atoms with Crippen LogP contribution >= 0.6 is 0 Å². The Labute approximate surface area is 153 Å². The molecule has 1 atom stereocenters. The maximum Gasteiger partial charge on any atom is 0.242 e. The van der Waals surface area contributed by atoms with Crippen molar-refractivity contribution < 1.29 is 9.59 Å². The van der Waals surface area contributed by atoms with E-state index in [1.165, 1.54) is 0 Å². The Morgan fingerprint density at radius 3 is 2.24 bits per heavy atom. The first-order chi connectivity index (χ1) is 11.5. The Hall–Kier alpha value is -1.14. The van der Waals surface area contributed by atoms with Gasteiger partial charge < -0.3 is 20.9 Å². The molecule has 0 aromatic heterocycles. The largest absolute Gasteiger partial charge is 0.355 e. The molecular formula is C19H38N4O2. The van der Waals surface area contributed by atoms with E-state index in [2.05, 4.69) is 24.1 Å². The third-order valence-electron chi connectivity index (χ3n) is 4.90. The summed E-state index contributed by atoms with van der Waals surface area (Å²) in [5, 5.41) is 3.10. The van der Waals surface area contributed by atoms with Crippen molar-refractivity contribution in [3.8, 4) is 0 Å². The van der Waals surface area contributed by atoms with Crippen LogP contribution in [0.5, 0.6) is 0 Å². The van der Waals surface area contributed by atoms with Crippen LogP contribution in [-0.2, 0) is 9.59 Å². The van der Waals surface area contributed by atoms with E-state index in [0.29, 0.717) is 38.9 Å². The van der Waals surface area contributed by atoms with Gasteiger partial charge in [-0.05, 0) is 45.7 Å². The number of nitrogens with one attached hydrogen (secondary N) is 1. The number of hydrogen-bond acceptors (Lipinski definition) is 4. The molecule has 25 heavy (non-hydrogen) atoms. The fraction of sp³-hybridized carbons (Fsp3) is 0.895. The Morgan fingerprint density at radius 1 is 1.20 bits per heavy atom. The summed E-state index contributed by atoms with van der Waals surface area (Å²) in [6.45, 7) is 11.0. The van der Waals surface area contributed by atoms with E-state index in [4.69, 9.17) is 5.73 Å². The predicted molar refractivity (Wildman–Crippen MR) is 102 cm³/mol. The van der Waals surface area contributed by atoms with Gasteiger partial charge in [-0.2, -0.15) is 0 Å². The summed E-state index contributed by atoms with van der Waals surface area (Å²) in [7, 11) is 4.08. The number of likely N-dealkylation sites (tertiary alicyclic amines) is 1. The molecule has 1 aliphatic rings. The smallest absolute Gasteiger partial charge is 0.242 e. The second kappa shape index (κ2) is 8.99. The second-order valence-corrected chi connectivity index (χ2v) is 8.85. The summed E-state index contributed by atoms with van der Waals surface area (Å²) in [6.07, 6.45) is 3.01. The second-order valence-electron chi connectivity index (χ2n) is 8.85. The first-order valence-corrected chi connectivity index (χ1v) is 9.49. The van der Waals surface area contributed by atoms with Crippen molar-refractivity contribution >= 4 is 11.8 Å². The van der Waals surface area contributed by atoms with Gasteiger partial charge >= 0.3 is 0 Å². The van der Waals surface area contributed by atoms with Crippen molar-refractivity contribution in [2.24, 2.45) is 17.1 Å². The molecule has 1 unspecified atom stereocenters. The van der Waals surface area contributed by atoms with Crippen LogP contribution in [0.2, 0.25) is 0 Å². The quantitative estimate of drug-likeness (QED) is 0.691. The predicted octanol–water partition coefficient (Wildman–Crippen LogP) is 1.45. The molecular weight excluding hydrogens is 316 g/mol. The number of rotatable bonds is 8. The highest BCUT2D eigenvalue weighted by atomic mass is 16.2. The molecule has 1 fully saturated rings.